The summed E-state index contributed by atoms with van der Waals surface area (Å²) in [5.41, 5.74) is 6.40. The van der Waals surface area contributed by atoms with Gasteiger partial charge in [0.15, 0.2) is 5.92 Å². The van der Waals surface area contributed by atoms with Crippen LogP contribution >= 0.6 is 27.5 Å². The normalized spacial score (nSPS) is 10.4. The van der Waals surface area contributed by atoms with Crippen LogP contribution in [0.1, 0.15) is 25.3 Å². The molecule has 20 heavy (non-hydrogen) atoms. The molecule has 1 rings (SSSR count). The van der Waals surface area contributed by atoms with Crippen molar-refractivity contribution in [1.29, 1.82) is 0 Å². The molecule has 0 radical (unpaired) electrons. The summed E-state index contributed by atoms with van der Waals surface area (Å²) in [6, 6.07) is 2.99. The lowest BCUT2D eigenvalue weighted by Crippen LogP contribution is -2.26. The SMILES string of the molecule is CCOC(=O)C(C(=O)OCC)c1cc(N)c(Br)cc1Cl. The van der Waals surface area contributed by atoms with Crippen LogP contribution in [0.2, 0.25) is 5.02 Å². The van der Waals surface area contributed by atoms with Gasteiger partial charge in [-0.1, -0.05) is 11.6 Å². The number of carbonyl (C=O) groups excluding carboxylic acids is 2. The molecule has 0 aliphatic carbocycles. The molecule has 0 aromatic heterocycles. The van der Waals surface area contributed by atoms with Gasteiger partial charge in [-0.15, -0.1) is 0 Å². The summed E-state index contributed by atoms with van der Waals surface area (Å²) in [4.78, 5) is 23.9. The van der Waals surface area contributed by atoms with E-state index in [4.69, 9.17) is 26.8 Å². The number of carbonyl (C=O) groups is 2. The number of ether oxygens (including phenoxy) is 2. The smallest absolute Gasteiger partial charge is 0.324 e. The van der Waals surface area contributed by atoms with Crippen molar-refractivity contribution in [3.63, 3.8) is 0 Å². The summed E-state index contributed by atoms with van der Waals surface area (Å²) in [6.07, 6.45) is 0. The first-order valence-electron chi connectivity index (χ1n) is 6.00. The van der Waals surface area contributed by atoms with Crippen LogP contribution in [0, 0.1) is 0 Å². The van der Waals surface area contributed by atoms with Crippen molar-refractivity contribution in [2.45, 2.75) is 19.8 Å². The number of hydrogen-bond donors (Lipinski definition) is 1. The molecule has 7 heteroatoms. The van der Waals surface area contributed by atoms with Gasteiger partial charge in [-0.05, 0) is 47.5 Å². The second-order valence-electron chi connectivity index (χ2n) is 3.83. The number of halogens is 2. The fourth-order valence-corrected chi connectivity index (χ4v) is 2.35. The quantitative estimate of drug-likeness (QED) is 0.494. The van der Waals surface area contributed by atoms with Crippen molar-refractivity contribution in [3.8, 4) is 0 Å². The summed E-state index contributed by atoms with van der Waals surface area (Å²) in [6.45, 7) is 3.60. The maximum Gasteiger partial charge on any atom is 0.324 e. The first-order valence-corrected chi connectivity index (χ1v) is 7.17. The average Bonchev–Trinajstić information content (AvgIpc) is 2.36. The van der Waals surface area contributed by atoms with Crippen molar-refractivity contribution >= 4 is 45.2 Å². The Morgan fingerprint density at radius 1 is 1.25 bits per heavy atom. The third-order valence-electron chi connectivity index (χ3n) is 2.47. The number of esters is 2. The van der Waals surface area contributed by atoms with Crippen LogP contribution in [0.25, 0.3) is 0 Å². The van der Waals surface area contributed by atoms with E-state index in [1.165, 1.54) is 12.1 Å². The van der Waals surface area contributed by atoms with Crippen LogP contribution < -0.4 is 5.73 Å². The molecule has 0 aliphatic rings. The molecule has 2 N–H and O–H groups in total. The van der Waals surface area contributed by atoms with E-state index in [1.807, 2.05) is 0 Å². The van der Waals surface area contributed by atoms with Gasteiger partial charge in [0.25, 0.3) is 0 Å². The van der Waals surface area contributed by atoms with Crippen LogP contribution in [0.5, 0.6) is 0 Å². The Morgan fingerprint density at radius 3 is 2.20 bits per heavy atom. The highest BCUT2D eigenvalue weighted by Crippen LogP contribution is 2.33. The molecule has 0 aliphatic heterocycles. The van der Waals surface area contributed by atoms with Crippen LogP contribution in [0.3, 0.4) is 0 Å². The first kappa shape index (κ1) is 16.8. The zero-order chi connectivity index (χ0) is 15.3. The van der Waals surface area contributed by atoms with Gasteiger partial charge in [-0.3, -0.25) is 9.59 Å². The molecular weight excluding hydrogens is 350 g/mol. The number of benzene rings is 1. The summed E-state index contributed by atoms with van der Waals surface area (Å²) >= 11 is 9.31. The van der Waals surface area contributed by atoms with Gasteiger partial charge in [0, 0.05) is 15.2 Å². The second kappa shape index (κ2) is 7.50. The number of hydrogen-bond acceptors (Lipinski definition) is 5. The Balaban J connectivity index is 3.26. The molecule has 0 bridgehead atoms. The molecule has 0 heterocycles. The molecule has 0 atom stereocenters. The molecule has 0 unspecified atom stereocenters. The summed E-state index contributed by atoms with van der Waals surface area (Å²) < 4.78 is 10.4. The zero-order valence-electron chi connectivity index (χ0n) is 11.1. The third kappa shape index (κ3) is 3.86. The fourth-order valence-electron chi connectivity index (χ4n) is 1.61. The molecule has 1 aromatic carbocycles. The second-order valence-corrected chi connectivity index (χ2v) is 5.09. The first-order chi connectivity index (χ1) is 9.42. The average molecular weight is 365 g/mol. The lowest BCUT2D eigenvalue weighted by molar-refractivity contribution is -0.156. The highest BCUT2D eigenvalue weighted by molar-refractivity contribution is 9.10. The highest BCUT2D eigenvalue weighted by Gasteiger charge is 2.33. The van der Waals surface area contributed by atoms with Gasteiger partial charge >= 0.3 is 11.9 Å². The minimum absolute atomic E-state index is 0.151. The fraction of sp³-hybridized carbons (Fsp3) is 0.385. The van der Waals surface area contributed by atoms with Crippen molar-refractivity contribution in [2.75, 3.05) is 18.9 Å². The summed E-state index contributed by atoms with van der Waals surface area (Å²) in [7, 11) is 0. The minimum Gasteiger partial charge on any atom is -0.465 e. The van der Waals surface area contributed by atoms with Crippen LogP contribution in [0.15, 0.2) is 16.6 Å². The molecule has 5 nitrogen and oxygen atoms in total. The molecular formula is C13H15BrClNO4. The van der Waals surface area contributed by atoms with Crippen molar-refractivity contribution in [2.24, 2.45) is 0 Å². The molecule has 0 fully saturated rings. The van der Waals surface area contributed by atoms with E-state index in [9.17, 15) is 9.59 Å². The number of nitrogens with two attached hydrogens (primary N) is 1. The van der Waals surface area contributed by atoms with Gasteiger partial charge in [-0.2, -0.15) is 0 Å². The Morgan fingerprint density at radius 2 is 1.75 bits per heavy atom. The minimum atomic E-state index is -1.24. The third-order valence-corrected chi connectivity index (χ3v) is 3.49. The number of anilines is 1. The van der Waals surface area contributed by atoms with Gasteiger partial charge in [-0.25, -0.2) is 0 Å². The largest absolute Gasteiger partial charge is 0.465 e. The van der Waals surface area contributed by atoms with E-state index in [-0.39, 0.29) is 23.8 Å². The van der Waals surface area contributed by atoms with Crippen LogP contribution in [-0.2, 0) is 19.1 Å². The molecule has 0 amide bonds. The van der Waals surface area contributed by atoms with E-state index >= 15 is 0 Å². The molecule has 0 saturated heterocycles. The monoisotopic (exact) mass is 363 g/mol. The van der Waals surface area contributed by atoms with E-state index in [0.29, 0.717) is 10.2 Å². The Bertz CT molecular complexity index is 503. The summed E-state index contributed by atoms with van der Waals surface area (Å²) in [5.74, 6) is -2.66. The van der Waals surface area contributed by atoms with Gasteiger partial charge in [0.05, 0.1) is 13.2 Å². The van der Waals surface area contributed by atoms with Gasteiger partial charge in [0.2, 0.25) is 0 Å². The van der Waals surface area contributed by atoms with Crippen molar-refractivity contribution in [1.82, 2.24) is 0 Å². The van der Waals surface area contributed by atoms with Gasteiger partial charge < -0.3 is 15.2 Å². The van der Waals surface area contributed by atoms with E-state index in [1.54, 1.807) is 13.8 Å². The topological polar surface area (TPSA) is 78.6 Å². The lowest BCUT2D eigenvalue weighted by atomic mass is 9.98. The van der Waals surface area contributed by atoms with E-state index in [0.717, 1.165) is 0 Å². The summed E-state index contributed by atoms with van der Waals surface area (Å²) in [5, 5.41) is 0.234. The molecule has 0 spiro atoms. The standard InChI is InChI=1S/C13H15BrClNO4/c1-3-19-12(17)11(13(18)20-4-2)7-5-10(16)8(14)6-9(7)15/h5-6,11H,3-4,16H2,1-2H3. The van der Waals surface area contributed by atoms with E-state index < -0.39 is 17.9 Å². The predicted octanol–water partition coefficient (Wildman–Crippen LogP) is 2.89. The molecule has 110 valence electrons. The van der Waals surface area contributed by atoms with Crippen LogP contribution in [-0.4, -0.2) is 25.2 Å². The van der Waals surface area contributed by atoms with E-state index in [2.05, 4.69) is 15.9 Å². The lowest BCUT2D eigenvalue weighted by Gasteiger charge is -2.16. The number of nitrogen functional groups attached to an aromatic ring is 1. The Kier molecular flexibility index (Phi) is 6.29. The molecule has 1 aromatic rings. The zero-order valence-corrected chi connectivity index (χ0v) is 13.5. The Labute approximate surface area is 130 Å². The van der Waals surface area contributed by atoms with Crippen LogP contribution in [0.4, 0.5) is 5.69 Å². The van der Waals surface area contributed by atoms with Crippen molar-refractivity contribution in [3.05, 3.63) is 27.2 Å². The maximum atomic E-state index is 12.0. The van der Waals surface area contributed by atoms with Gasteiger partial charge in [0.1, 0.15) is 0 Å². The predicted molar refractivity (Wildman–Crippen MR) is 79.6 cm³/mol. The van der Waals surface area contributed by atoms with Crippen molar-refractivity contribution < 1.29 is 19.1 Å². The molecule has 0 saturated carbocycles. The maximum absolute atomic E-state index is 12.0. The highest BCUT2D eigenvalue weighted by atomic mass is 79.9. The number of rotatable bonds is 5. The Hall–Kier alpha value is -1.27.